The van der Waals surface area contributed by atoms with Crippen molar-refractivity contribution in [2.45, 2.75) is 38.0 Å². The second-order valence-electron chi connectivity index (χ2n) is 16.1. The smallest absolute Gasteiger partial charge is 0.343 e. The first-order valence-corrected chi connectivity index (χ1v) is 25.1. The van der Waals surface area contributed by atoms with E-state index in [9.17, 15) is 66.0 Å². The molecule has 76 heavy (non-hydrogen) atoms. The molecule has 410 valence electrons. The molecule has 30 heteroatoms. The number of carbonyl (C=O) groups is 6. The first-order valence-electron chi connectivity index (χ1n) is 22.3. The molecule has 0 fully saturated rings. The Kier molecular flexibility index (Phi) is 22.3. The number of carbonyl (C=O) groups excluding carboxylic acids is 2. The van der Waals surface area contributed by atoms with Crippen molar-refractivity contribution in [1.29, 1.82) is 0 Å². The summed E-state index contributed by atoms with van der Waals surface area (Å²) < 4.78 is 79.6. The van der Waals surface area contributed by atoms with Gasteiger partial charge in [-0.2, -0.15) is 34.1 Å². The molecule has 0 unspecified atom stereocenters. The van der Waals surface area contributed by atoms with E-state index >= 15 is 0 Å². The van der Waals surface area contributed by atoms with Crippen LogP contribution in [0, 0.1) is 0 Å². The number of aliphatic imine (C=N–C) groups is 2. The van der Waals surface area contributed by atoms with E-state index in [-0.39, 0.29) is 60.8 Å². The van der Waals surface area contributed by atoms with Gasteiger partial charge in [-0.1, -0.05) is 24.3 Å². The van der Waals surface area contributed by atoms with Crippen molar-refractivity contribution >= 4 is 79.5 Å². The van der Waals surface area contributed by atoms with Crippen LogP contribution in [0.15, 0.2) is 107 Å². The number of rotatable bonds is 31. The van der Waals surface area contributed by atoms with Gasteiger partial charge in [0.2, 0.25) is 0 Å². The lowest BCUT2D eigenvalue weighted by Crippen LogP contribution is -2.52. The summed E-state index contributed by atoms with van der Waals surface area (Å²) in [6.07, 6.45) is -2.25. The lowest BCUT2D eigenvalue weighted by atomic mass is 10.2. The minimum absolute atomic E-state index is 0.103. The van der Waals surface area contributed by atoms with Crippen molar-refractivity contribution in [2.24, 2.45) is 32.9 Å². The van der Waals surface area contributed by atoms with Gasteiger partial charge in [0.05, 0.1) is 61.8 Å². The van der Waals surface area contributed by atoms with Crippen LogP contribution < -0.4 is 32.4 Å². The number of nitrogens with zero attached hydrogens (tertiary/aromatic N) is 6. The van der Waals surface area contributed by atoms with Crippen molar-refractivity contribution < 1.29 is 85.0 Å². The highest BCUT2D eigenvalue weighted by Crippen LogP contribution is 2.23. The Labute approximate surface area is 435 Å². The second kappa shape index (κ2) is 28.0. The lowest BCUT2D eigenvalue weighted by Gasteiger charge is -2.31. The molecule has 0 aliphatic heterocycles. The fourth-order valence-corrected chi connectivity index (χ4v) is 9.71. The third-order valence-corrected chi connectivity index (χ3v) is 14.4. The normalized spacial score (nSPS) is 12.4. The molecule has 4 aromatic carbocycles. The molecule has 0 saturated carbocycles. The van der Waals surface area contributed by atoms with E-state index in [0.717, 1.165) is 22.7 Å². The van der Waals surface area contributed by atoms with E-state index in [0.29, 0.717) is 31.1 Å². The zero-order valence-electron chi connectivity index (χ0n) is 40.8. The molecule has 12 N–H and O–H groups in total. The zero-order valence-corrected chi connectivity index (χ0v) is 42.4. The van der Waals surface area contributed by atoms with Crippen LogP contribution in [0.4, 0.5) is 11.4 Å². The van der Waals surface area contributed by atoms with Crippen molar-refractivity contribution in [3.63, 3.8) is 0 Å². The van der Waals surface area contributed by atoms with Crippen LogP contribution in [0.2, 0.25) is 0 Å². The Morgan fingerprint density at radius 2 is 0.816 bits per heavy atom. The van der Waals surface area contributed by atoms with Gasteiger partial charge in [-0.3, -0.25) is 19.2 Å². The standard InChI is InChI=1S/C46H56N10O18S2/c1-53(27-29-3-15-35(16-4-29)73-43(65)31-7-11-33(12-8-31)51-45(47)48)75(67,68)55(37(41(61)62)25-39(57)58)19-21-71-23-24-72-22-20-56(38(42(63)64)26-40(59)60)76(69,70)54(2)28-30-5-17-36(18-6-30)74-44(66)32-9-13-34(14-10-32)52-46(49)50/h3-18,37-38H,19-28H2,1-2H3,(H,57,58)(H,59,60)(H,61,62)(H,63,64)(H4,47,48,51)(H4,49,50,52)/t37-,38-/m0/s1. The van der Waals surface area contributed by atoms with Crippen molar-refractivity contribution in [3.05, 3.63) is 119 Å². The summed E-state index contributed by atoms with van der Waals surface area (Å²) in [4.78, 5) is 81.0. The van der Waals surface area contributed by atoms with Gasteiger partial charge in [0.25, 0.3) is 20.4 Å². The number of aliphatic carboxylic acids is 4. The summed E-state index contributed by atoms with van der Waals surface area (Å²) in [5.41, 5.74) is 23.3. The number of ether oxygens (including phenoxy) is 4. The molecule has 0 spiro atoms. The number of carboxylic acid groups (broad SMARTS) is 4. The Hall–Kier alpha value is -8.10. The van der Waals surface area contributed by atoms with Crippen LogP contribution in [0.5, 0.6) is 11.5 Å². The molecule has 28 nitrogen and oxygen atoms in total. The third kappa shape index (κ3) is 18.4. The summed E-state index contributed by atoms with van der Waals surface area (Å²) in [5.74, 6) is -8.35. The fourth-order valence-electron chi connectivity index (χ4n) is 6.79. The van der Waals surface area contributed by atoms with E-state index < -0.39 is 107 Å². The van der Waals surface area contributed by atoms with Crippen LogP contribution in [-0.4, -0.2) is 168 Å². The van der Waals surface area contributed by atoms with Crippen molar-refractivity contribution in [1.82, 2.24) is 17.2 Å². The molecule has 0 bridgehead atoms. The zero-order chi connectivity index (χ0) is 56.3. The number of guanidine groups is 2. The van der Waals surface area contributed by atoms with E-state index in [2.05, 4.69) is 9.98 Å². The number of nitrogens with two attached hydrogens (primary N) is 4. The van der Waals surface area contributed by atoms with Crippen LogP contribution in [0.3, 0.4) is 0 Å². The summed E-state index contributed by atoms with van der Waals surface area (Å²) in [5, 5.41) is 38.8. The molecule has 0 radical (unpaired) electrons. The predicted molar refractivity (Wildman–Crippen MR) is 270 cm³/mol. The van der Waals surface area contributed by atoms with Gasteiger partial charge < -0.3 is 62.3 Å². The molecule has 0 saturated heterocycles. The van der Waals surface area contributed by atoms with E-state index in [1.54, 1.807) is 0 Å². The summed E-state index contributed by atoms with van der Waals surface area (Å²) in [7, 11) is -7.23. The van der Waals surface area contributed by atoms with Gasteiger partial charge in [-0.25, -0.2) is 19.6 Å². The average molecular weight is 1100 g/mol. The highest BCUT2D eigenvalue weighted by atomic mass is 32.2. The highest BCUT2D eigenvalue weighted by Gasteiger charge is 2.40. The SMILES string of the molecule is CN(Cc1ccc(OC(=O)c2ccc(N=C(N)N)cc2)cc1)S(=O)(=O)N(CCOCCOCCN([C@@H](CC(=O)O)C(=O)O)S(=O)(=O)N(C)Cc1ccc(OC(=O)c2ccc(N=C(N)N)cc2)cc1)[C@@H](CC(=O)O)C(=O)O. The average Bonchev–Trinajstić information content (AvgIpc) is 3.34. The van der Waals surface area contributed by atoms with E-state index in [1.807, 2.05) is 0 Å². The molecule has 0 heterocycles. The molecule has 0 amide bonds. The first kappa shape index (κ1) is 60.5. The maximum absolute atomic E-state index is 13.9. The van der Waals surface area contributed by atoms with E-state index in [1.165, 1.54) is 97.1 Å². The first-order chi connectivity index (χ1) is 35.8. The molecular weight excluding hydrogens is 1040 g/mol. The molecule has 4 aromatic rings. The molecular formula is C46H56N10O18S2. The molecule has 0 aromatic heterocycles. The van der Waals surface area contributed by atoms with Crippen molar-refractivity contribution in [2.75, 3.05) is 53.6 Å². The summed E-state index contributed by atoms with van der Waals surface area (Å²) >= 11 is 0. The minimum atomic E-state index is -4.74. The van der Waals surface area contributed by atoms with Gasteiger partial charge >= 0.3 is 35.8 Å². The quantitative estimate of drug-likeness (QED) is 0.0112. The monoisotopic (exact) mass is 1100 g/mol. The van der Waals surface area contributed by atoms with Gasteiger partial charge in [0.15, 0.2) is 11.9 Å². The number of hydrogen-bond donors (Lipinski definition) is 8. The topological polar surface area (TPSA) is 430 Å². The number of benzene rings is 4. The van der Waals surface area contributed by atoms with Gasteiger partial charge in [0, 0.05) is 40.3 Å². The number of hydrogen-bond acceptors (Lipinski definition) is 16. The Morgan fingerprint density at radius 3 is 1.09 bits per heavy atom. The second-order valence-corrected chi connectivity index (χ2v) is 20.1. The van der Waals surface area contributed by atoms with E-state index in [4.69, 9.17) is 41.9 Å². The minimum Gasteiger partial charge on any atom is -0.481 e. The van der Waals surface area contributed by atoms with Gasteiger partial charge in [0.1, 0.15) is 23.6 Å². The van der Waals surface area contributed by atoms with Crippen LogP contribution in [0.25, 0.3) is 0 Å². The van der Waals surface area contributed by atoms with Gasteiger partial charge in [-0.05, 0) is 83.9 Å². The Balaban J connectivity index is 1.35. The number of esters is 2. The van der Waals surface area contributed by atoms with Gasteiger partial charge in [-0.15, -0.1) is 0 Å². The Bertz CT molecular complexity index is 2760. The third-order valence-electron chi connectivity index (χ3n) is 10.5. The Morgan fingerprint density at radius 1 is 0.500 bits per heavy atom. The largest absolute Gasteiger partial charge is 0.481 e. The maximum atomic E-state index is 13.9. The van der Waals surface area contributed by atoms with Crippen LogP contribution in [-0.2, 0) is 62.2 Å². The van der Waals surface area contributed by atoms with Crippen LogP contribution >= 0.6 is 0 Å². The molecule has 0 aliphatic rings. The van der Waals surface area contributed by atoms with Crippen LogP contribution in [0.1, 0.15) is 44.7 Å². The highest BCUT2D eigenvalue weighted by molar-refractivity contribution is 7.87. The summed E-state index contributed by atoms with van der Waals surface area (Å²) in [6, 6.07) is 18.9. The van der Waals surface area contributed by atoms with Crippen molar-refractivity contribution in [3.8, 4) is 11.5 Å². The fraction of sp³-hybridized carbons (Fsp3) is 0.304. The predicted octanol–water partition coefficient (Wildman–Crippen LogP) is 0.481. The molecule has 2 atom stereocenters. The lowest BCUT2D eigenvalue weighted by molar-refractivity contribution is -0.148. The maximum Gasteiger partial charge on any atom is 0.343 e. The number of carboxylic acids is 4. The summed E-state index contributed by atoms with van der Waals surface area (Å²) in [6.45, 7) is -3.67. The molecule has 0 aliphatic carbocycles. The molecule has 4 rings (SSSR count).